The van der Waals surface area contributed by atoms with Gasteiger partial charge in [0.1, 0.15) is 0 Å². The van der Waals surface area contributed by atoms with Gasteiger partial charge in [0.25, 0.3) is 0 Å². The molecule has 2 rings (SSSR count). The third kappa shape index (κ3) is 3.26. The number of rotatable bonds is 3. The third-order valence-corrected chi connectivity index (χ3v) is 2.99. The fourth-order valence-corrected chi connectivity index (χ4v) is 1.94. The minimum Gasteiger partial charge on any atom is -0.357 e. The summed E-state index contributed by atoms with van der Waals surface area (Å²) in [5, 5.41) is 9.25. The van der Waals surface area contributed by atoms with Gasteiger partial charge in [-0.15, -0.1) is 10.2 Å². The smallest absolute Gasteiger partial charge is 0.357 e. The Hall–Kier alpha value is -1.56. The average Bonchev–Trinajstić information content (AvgIpc) is 2.36. The molecule has 0 aliphatic carbocycles. The Bertz CT molecular complexity index is 586. The number of halogens is 4. The molecule has 0 bridgehead atoms. The number of nitrogens with zero attached hydrogens (tertiary/aromatic N) is 3. The Morgan fingerprint density at radius 2 is 1.79 bits per heavy atom. The fourth-order valence-electron chi connectivity index (χ4n) is 1.74. The van der Waals surface area contributed by atoms with E-state index >= 15 is 0 Å². The minimum absolute atomic E-state index is 0.177. The van der Waals surface area contributed by atoms with Crippen LogP contribution in [0.1, 0.15) is 6.42 Å². The molecule has 0 aliphatic rings. The van der Waals surface area contributed by atoms with E-state index in [1.54, 1.807) is 31.3 Å². The first-order valence-corrected chi connectivity index (χ1v) is 5.95. The van der Waals surface area contributed by atoms with Crippen molar-refractivity contribution in [1.29, 1.82) is 0 Å². The summed E-state index contributed by atoms with van der Waals surface area (Å²) in [4.78, 5) is 1.43. The highest BCUT2D eigenvalue weighted by Gasteiger charge is 2.27. The van der Waals surface area contributed by atoms with E-state index in [0.717, 1.165) is 0 Å². The second kappa shape index (κ2) is 5.21. The Kier molecular flexibility index (Phi) is 3.80. The zero-order valence-corrected chi connectivity index (χ0v) is 10.8. The molecule has 2 aromatic rings. The van der Waals surface area contributed by atoms with Crippen LogP contribution >= 0.6 is 11.6 Å². The van der Waals surface area contributed by atoms with Crippen molar-refractivity contribution in [2.75, 3.05) is 18.5 Å². The molecule has 3 nitrogen and oxygen atoms in total. The van der Waals surface area contributed by atoms with E-state index in [0.29, 0.717) is 16.6 Å². The number of anilines is 1. The van der Waals surface area contributed by atoms with Crippen LogP contribution in [0.4, 0.5) is 19.0 Å². The molecule has 0 amide bonds. The lowest BCUT2D eigenvalue weighted by Crippen LogP contribution is -2.25. The zero-order valence-electron chi connectivity index (χ0n) is 10.1. The van der Waals surface area contributed by atoms with E-state index in [1.807, 2.05) is 0 Å². The number of alkyl halides is 3. The van der Waals surface area contributed by atoms with Crippen molar-refractivity contribution in [2.24, 2.45) is 0 Å². The first kappa shape index (κ1) is 13.9. The second-order valence-electron chi connectivity index (χ2n) is 4.15. The van der Waals surface area contributed by atoms with E-state index in [1.165, 1.54) is 4.90 Å². The van der Waals surface area contributed by atoms with Crippen molar-refractivity contribution in [2.45, 2.75) is 12.6 Å². The number of aromatic nitrogens is 2. The monoisotopic (exact) mass is 289 g/mol. The summed E-state index contributed by atoms with van der Waals surface area (Å²) >= 11 is 5.91. The van der Waals surface area contributed by atoms with Crippen molar-refractivity contribution < 1.29 is 13.2 Å². The summed E-state index contributed by atoms with van der Waals surface area (Å²) in [6, 6.07) is 7.08. The van der Waals surface area contributed by atoms with Gasteiger partial charge < -0.3 is 4.90 Å². The molecule has 0 saturated heterocycles. The third-order valence-electron chi connectivity index (χ3n) is 2.71. The van der Waals surface area contributed by atoms with Gasteiger partial charge in [-0.05, 0) is 0 Å². The maximum absolute atomic E-state index is 12.2. The Labute approximate surface area is 113 Å². The van der Waals surface area contributed by atoms with Gasteiger partial charge in [-0.1, -0.05) is 35.9 Å². The Morgan fingerprint density at radius 1 is 1.16 bits per heavy atom. The van der Waals surface area contributed by atoms with Crippen LogP contribution in [0.3, 0.4) is 0 Å². The molecule has 1 aromatic heterocycles. The van der Waals surface area contributed by atoms with Crippen molar-refractivity contribution in [1.82, 2.24) is 10.2 Å². The van der Waals surface area contributed by atoms with Crippen LogP contribution in [0.2, 0.25) is 5.15 Å². The van der Waals surface area contributed by atoms with Gasteiger partial charge in [-0.2, -0.15) is 13.2 Å². The molecular formula is C12H11ClF3N3. The Balaban J connectivity index is 2.32. The van der Waals surface area contributed by atoms with E-state index in [4.69, 9.17) is 11.6 Å². The summed E-state index contributed by atoms with van der Waals surface area (Å²) in [6.07, 6.45) is -5.09. The Morgan fingerprint density at radius 3 is 2.42 bits per heavy atom. The molecule has 0 unspecified atom stereocenters. The normalized spacial score (nSPS) is 11.8. The number of hydrogen-bond donors (Lipinski definition) is 0. The molecule has 0 atom stereocenters. The highest BCUT2D eigenvalue weighted by Crippen LogP contribution is 2.28. The van der Waals surface area contributed by atoms with Crippen LogP contribution in [0.25, 0.3) is 10.8 Å². The van der Waals surface area contributed by atoms with Gasteiger partial charge in [0.15, 0.2) is 11.0 Å². The molecule has 0 radical (unpaired) electrons. The minimum atomic E-state index is -4.19. The second-order valence-corrected chi connectivity index (χ2v) is 4.50. The zero-order chi connectivity index (χ0) is 14.0. The molecule has 0 spiro atoms. The summed E-state index contributed by atoms with van der Waals surface area (Å²) in [5.41, 5.74) is 0. The number of fused-ring (bicyclic) bond motifs is 1. The number of hydrogen-bond acceptors (Lipinski definition) is 3. The first-order valence-electron chi connectivity index (χ1n) is 5.57. The van der Waals surface area contributed by atoms with Crippen molar-refractivity contribution in [3.63, 3.8) is 0 Å². The summed E-state index contributed by atoms with van der Waals surface area (Å²) in [7, 11) is 1.55. The lowest BCUT2D eigenvalue weighted by molar-refractivity contribution is -0.132. The van der Waals surface area contributed by atoms with Gasteiger partial charge in [0, 0.05) is 24.4 Å². The van der Waals surface area contributed by atoms with Gasteiger partial charge in [-0.3, -0.25) is 0 Å². The molecule has 1 aromatic carbocycles. The molecular weight excluding hydrogens is 279 g/mol. The highest BCUT2D eigenvalue weighted by molar-refractivity contribution is 6.34. The van der Waals surface area contributed by atoms with E-state index in [-0.39, 0.29) is 11.7 Å². The maximum Gasteiger partial charge on any atom is 0.390 e. The van der Waals surface area contributed by atoms with Crippen LogP contribution in [-0.4, -0.2) is 30.0 Å². The molecule has 0 fully saturated rings. The van der Waals surface area contributed by atoms with Gasteiger partial charge in [0.2, 0.25) is 0 Å². The van der Waals surface area contributed by atoms with Gasteiger partial charge >= 0.3 is 6.18 Å². The maximum atomic E-state index is 12.2. The number of benzene rings is 1. The SMILES string of the molecule is CN(CCC(F)(F)F)c1nnc(Cl)c2ccccc12. The lowest BCUT2D eigenvalue weighted by atomic mass is 10.2. The first-order chi connectivity index (χ1) is 8.88. The molecule has 0 saturated carbocycles. The van der Waals surface area contributed by atoms with E-state index < -0.39 is 12.6 Å². The van der Waals surface area contributed by atoms with Crippen molar-refractivity contribution >= 4 is 28.2 Å². The van der Waals surface area contributed by atoms with E-state index in [2.05, 4.69) is 10.2 Å². The average molecular weight is 290 g/mol. The molecule has 7 heteroatoms. The van der Waals surface area contributed by atoms with Crippen LogP contribution in [0.5, 0.6) is 0 Å². The van der Waals surface area contributed by atoms with Crippen LogP contribution in [0, 0.1) is 0 Å². The highest BCUT2D eigenvalue weighted by atomic mass is 35.5. The van der Waals surface area contributed by atoms with Gasteiger partial charge in [0.05, 0.1) is 6.42 Å². The van der Waals surface area contributed by atoms with Crippen molar-refractivity contribution in [3.05, 3.63) is 29.4 Å². The topological polar surface area (TPSA) is 29.0 Å². The molecule has 102 valence electrons. The molecule has 1 heterocycles. The summed E-state index contributed by atoms with van der Waals surface area (Å²) in [6.45, 7) is -0.177. The van der Waals surface area contributed by atoms with Crippen LogP contribution < -0.4 is 4.90 Å². The predicted molar refractivity (Wildman–Crippen MR) is 68.5 cm³/mol. The largest absolute Gasteiger partial charge is 0.390 e. The molecule has 0 N–H and O–H groups in total. The quantitative estimate of drug-likeness (QED) is 0.863. The van der Waals surface area contributed by atoms with Crippen molar-refractivity contribution in [3.8, 4) is 0 Å². The van der Waals surface area contributed by atoms with Gasteiger partial charge in [-0.25, -0.2) is 0 Å². The van der Waals surface area contributed by atoms with Crippen LogP contribution in [0.15, 0.2) is 24.3 Å². The standard InChI is InChI=1S/C12H11ClF3N3/c1-19(7-6-12(14,15)16)11-9-5-3-2-4-8(9)10(13)17-18-11/h2-5H,6-7H2,1H3. The molecule has 0 aliphatic heterocycles. The van der Waals surface area contributed by atoms with Crippen LogP contribution in [-0.2, 0) is 0 Å². The summed E-state index contributed by atoms with van der Waals surface area (Å²) in [5.74, 6) is 0.393. The summed E-state index contributed by atoms with van der Waals surface area (Å²) < 4.78 is 36.7. The predicted octanol–water partition coefficient (Wildman–Crippen LogP) is 3.67. The van der Waals surface area contributed by atoms with E-state index in [9.17, 15) is 13.2 Å². The molecule has 19 heavy (non-hydrogen) atoms. The lowest BCUT2D eigenvalue weighted by Gasteiger charge is -2.20. The fraction of sp³-hybridized carbons (Fsp3) is 0.333.